The predicted octanol–water partition coefficient (Wildman–Crippen LogP) is 0.975. The second-order valence-corrected chi connectivity index (χ2v) is 5.02. The van der Waals surface area contributed by atoms with Crippen molar-refractivity contribution in [2.24, 2.45) is 11.8 Å². The molecule has 3 heterocycles. The molecule has 4 nitrogen and oxygen atoms in total. The number of cyclic esters (lactones) is 1. The second kappa shape index (κ2) is 4.37. The van der Waals surface area contributed by atoms with E-state index in [0.717, 1.165) is 0 Å². The molecule has 1 fully saturated rings. The van der Waals surface area contributed by atoms with E-state index < -0.39 is 18.2 Å². The van der Waals surface area contributed by atoms with Crippen molar-refractivity contribution < 1.29 is 19.4 Å². The van der Waals surface area contributed by atoms with E-state index in [-0.39, 0.29) is 24.0 Å². The maximum absolute atomic E-state index is 11.3. The zero-order chi connectivity index (χ0) is 12.7. The predicted molar refractivity (Wildman–Crippen MR) is 64.6 cm³/mol. The number of esters is 1. The molecule has 6 atom stereocenters. The number of aliphatic hydroxyl groups excluding tert-OH is 1. The molecule has 0 aliphatic carbocycles. The first-order chi connectivity index (χ1) is 8.66. The van der Waals surface area contributed by atoms with Crippen molar-refractivity contribution in [3.63, 3.8) is 0 Å². The first-order valence-electron chi connectivity index (χ1n) is 6.24. The fourth-order valence-corrected chi connectivity index (χ4v) is 2.98. The van der Waals surface area contributed by atoms with Crippen LogP contribution >= 0.6 is 0 Å². The average Bonchev–Trinajstić information content (AvgIpc) is 2.54. The molecule has 2 bridgehead atoms. The van der Waals surface area contributed by atoms with Crippen LogP contribution in [0.1, 0.15) is 6.92 Å². The van der Waals surface area contributed by atoms with Crippen LogP contribution in [0.3, 0.4) is 0 Å². The third kappa shape index (κ3) is 1.82. The third-order valence-electron chi connectivity index (χ3n) is 3.93. The summed E-state index contributed by atoms with van der Waals surface area (Å²) in [5, 5.41) is 9.99. The van der Waals surface area contributed by atoms with Gasteiger partial charge in [0.15, 0.2) is 0 Å². The first-order valence-corrected chi connectivity index (χ1v) is 6.24. The molecule has 1 N–H and O–H groups in total. The van der Waals surface area contributed by atoms with E-state index in [1.165, 1.54) is 12.2 Å². The highest BCUT2D eigenvalue weighted by molar-refractivity contribution is 5.83. The standard InChI is InChI=1S/C14H16O4/c1-8-10-4-2-3-5-11(17-10)13(8)14-9(15)6-7-12(16)18-14/h2-11,13-15H,1H3. The second-order valence-electron chi connectivity index (χ2n) is 5.02. The molecular weight excluding hydrogens is 232 g/mol. The largest absolute Gasteiger partial charge is 0.456 e. The summed E-state index contributed by atoms with van der Waals surface area (Å²) in [7, 11) is 0. The van der Waals surface area contributed by atoms with Crippen LogP contribution < -0.4 is 0 Å². The summed E-state index contributed by atoms with van der Waals surface area (Å²) < 4.78 is 11.2. The Morgan fingerprint density at radius 2 is 1.89 bits per heavy atom. The fourth-order valence-electron chi connectivity index (χ4n) is 2.98. The minimum Gasteiger partial charge on any atom is -0.456 e. The molecule has 1 saturated heterocycles. The number of fused-ring (bicyclic) bond motifs is 2. The SMILES string of the molecule is CC1C2C=CC=CC(O2)C1C1OC(=O)C=CC1O. The van der Waals surface area contributed by atoms with E-state index >= 15 is 0 Å². The summed E-state index contributed by atoms with van der Waals surface area (Å²) in [4.78, 5) is 11.3. The fraction of sp³-hybridized carbons (Fsp3) is 0.500. The van der Waals surface area contributed by atoms with Gasteiger partial charge in [-0.25, -0.2) is 4.79 Å². The minimum absolute atomic E-state index is 0.0138. The topological polar surface area (TPSA) is 55.8 Å². The van der Waals surface area contributed by atoms with E-state index in [9.17, 15) is 9.90 Å². The number of rotatable bonds is 1. The summed E-state index contributed by atoms with van der Waals surface area (Å²) in [6.07, 6.45) is 9.29. The Bertz CT molecular complexity index is 437. The number of hydrogen-bond donors (Lipinski definition) is 1. The summed E-state index contributed by atoms with van der Waals surface area (Å²) in [6.45, 7) is 2.07. The first kappa shape index (κ1) is 11.7. The van der Waals surface area contributed by atoms with Crippen molar-refractivity contribution in [3.05, 3.63) is 36.5 Å². The Kier molecular flexibility index (Phi) is 2.84. The molecule has 3 aliphatic heterocycles. The van der Waals surface area contributed by atoms with Gasteiger partial charge in [0, 0.05) is 12.0 Å². The Balaban J connectivity index is 1.88. The van der Waals surface area contributed by atoms with Crippen LogP contribution in [0.15, 0.2) is 36.5 Å². The van der Waals surface area contributed by atoms with Crippen molar-refractivity contribution in [3.8, 4) is 0 Å². The summed E-state index contributed by atoms with van der Waals surface area (Å²) in [6, 6.07) is 0. The number of aliphatic hydroxyl groups is 1. The number of ether oxygens (including phenoxy) is 2. The van der Waals surface area contributed by atoms with Gasteiger partial charge in [-0.05, 0) is 12.0 Å². The lowest BCUT2D eigenvalue weighted by Gasteiger charge is -2.32. The van der Waals surface area contributed by atoms with Gasteiger partial charge in [0.05, 0.1) is 12.2 Å². The molecule has 96 valence electrons. The highest BCUT2D eigenvalue weighted by atomic mass is 16.6. The number of allylic oxidation sites excluding steroid dienone is 2. The molecule has 0 aromatic rings. The quantitative estimate of drug-likeness (QED) is 0.703. The average molecular weight is 248 g/mol. The van der Waals surface area contributed by atoms with E-state index in [1.54, 1.807) is 0 Å². The molecule has 0 radical (unpaired) electrons. The molecule has 4 heteroatoms. The molecule has 0 spiro atoms. The Morgan fingerprint density at radius 3 is 2.67 bits per heavy atom. The van der Waals surface area contributed by atoms with Gasteiger partial charge in [0.25, 0.3) is 0 Å². The highest BCUT2D eigenvalue weighted by Gasteiger charge is 2.48. The molecule has 3 aliphatic rings. The van der Waals surface area contributed by atoms with Gasteiger partial charge in [-0.1, -0.05) is 31.2 Å². The highest BCUT2D eigenvalue weighted by Crippen LogP contribution is 2.40. The Morgan fingerprint density at radius 1 is 1.17 bits per heavy atom. The van der Waals surface area contributed by atoms with Crippen LogP contribution in [0.5, 0.6) is 0 Å². The maximum Gasteiger partial charge on any atom is 0.330 e. The zero-order valence-electron chi connectivity index (χ0n) is 10.1. The Labute approximate surface area is 106 Å². The summed E-state index contributed by atoms with van der Waals surface area (Å²) in [5.41, 5.74) is 0. The van der Waals surface area contributed by atoms with Gasteiger partial charge in [-0.3, -0.25) is 0 Å². The number of carbonyl (C=O) groups is 1. The van der Waals surface area contributed by atoms with Crippen LogP contribution in [0.2, 0.25) is 0 Å². The van der Waals surface area contributed by atoms with Crippen LogP contribution in [0.25, 0.3) is 0 Å². The smallest absolute Gasteiger partial charge is 0.330 e. The van der Waals surface area contributed by atoms with Gasteiger partial charge in [-0.15, -0.1) is 0 Å². The lowest BCUT2D eigenvalue weighted by molar-refractivity contribution is -0.155. The monoisotopic (exact) mass is 248 g/mol. The van der Waals surface area contributed by atoms with Gasteiger partial charge in [0.2, 0.25) is 0 Å². The molecule has 0 aromatic carbocycles. The van der Waals surface area contributed by atoms with Crippen molar-refractivity contribution in [2.45, 2.75) is 31.3 Å². The summed E-state index contributed by atoms with van der Waals surface area (Å²) in [5.74, 6) is -0.202. The normalized spacial score (nSPS) is 46.0. The summed E-state index contributed by atoms with van der Waals surface area (Å²) >= 11 is 0. The van der Waals surface area contributed by atoms with Gasteiger partial charge >= 0.3 is 5.97 Å². The van der Waals surface area contributed by atoms with E-state index in [4.69, 9.17) is 9.47 Å². The Hall–Kier alpha value is -1.39. The number of hydrogen-bond acceptors (Lipinski definition) is 4. The third-order valence-corrected chi connectivity index (χ3v) is 3.93. The van der Waals surface area contributed by atoms with E-state index in [0.29, 0.717) is 0 Å². The lowest BCUT2D eigenvalue weighted by Crippen LogP contribution is -2.44. The lowest BCUT2D eigenvalue weighted by atomic mass is 9.80. The molecule has 0 amide bonds. The minimum atomic E-state index is -0.753. The molecular formula is C14H16O4. The van der Waals surface area contributed by atoms with Gasteiger partial charge in [0.1, 0.15) is 12.2 Å². The maximum atomic E-state index is 11.3. The van der Waals surface area contributed by atoms with E-state index in [2.05, 4.69) is 6.92 Å². The molecule has 0 saturated carbocycles. The van der Waals surface area contributed by atoms with Crippen LogP contribution in [-0.2, 0) is 14.3 Å². The molecule has 18 heavy (non-hydrogen) atoms. The number of carbonyl (C=O) groups excluding carboxylic acids is 1. The van der Waals surface area contributed by atoms with Crippen LogP contribution in [0.4, 0.5) is 0 Å². The molecule has 6 unspecified atom stereocenters. The van der Waals surface area contributed by atoms with Crippen molar-refractivity contribution in [1.82, 2.24) is 0 Å². The molecule has 0 aromatic heterocycles. The van der Waals surface area contributed by atoms with Gasteiger partial charge < -0.3 is 14.6 Å². The molecule has 3 rings (SSSR count). The van der Waals surface area contributed by atoms with Crippen molar-refractivity contribution >= 4 is 5.97 Å². The van der Waals surface area contributed by atoms with Crippen LogP contribution in [0, 0.1) is 11.8 Å². The van der Waals surface area contributed by atoms with Gasteiger partial charge in [-0.2, -0.15) is 0 Å². The van der Waals surface area contributed by atoms with Crippen LogP contribution in [-0.4, -0.2) is 35.5 Å². The van der Waals surface area contributed by atoms with Crippen molar-refractivity contribution in [1.29, 1.82) is 0 Å². The van der Waals surface area contributed by atoms with Crippen molar-refractivity contribution in [2.75, 3.05) is 0 Å². The van der Waals surface area contributed by atoms with E-state index in [1.807, 2.05) is 24.3 Å². The zero-order valence-corrected chi connectivity index (χ0v) is 10.1.